The van der Waals surface area contributed by atoms with Gasteiger partial charge in [0, 0.05) is 49.2 Å². The third kappa shape index (κ3) is 6.66. The summed E-state index contributed by atoms with van der Waals surface area (Å²) < 4.78 is 5.36. The van der Waals surface area contributed by atoms with Crippen molar-refractivity contribution in [1.82, 2.24) is 30.6 Å². The summed E-state index contributed by atoms with van der Waals surface area (Å²) in [5.41, 5.74) is 6.22. The van der Waals surface area contributed by atoms with Gasteiger partial charge in [0.05, 0.1) is 6.61 Å². The minimum absolute atomic E-state index is 0.0108. The number of nitrogens with two attached hydrogens (primary N) is 2. The monoisotopic (exact) mass is 547 g/mol. The second-order valence-electron chi connectivity index (χ2n) is 9.17. The van der Waals surface area contributed by atoms with Crippen LogP contribution in [0.1, 0.15) is 30.4 Å². The molecule has 0 spiro atoms. The number of H-pyrrole nitrogens is 2. The van der Waals surface area contributed by atoms with E-state index >= 15 is 0 Å². The van der Waals surface area contributed by atoms with Crippen LogP contribution in [-0.2, 0) is 32.0 Å². The van der Waals surface area contributed by atoms with E-state index in [1.54, 1.807) is 6.20 Å². The zero-order chi connectivity index (χ0) is 28.5. The number of para-hydroxylation sites is 1. The van der Waals surface area contributed by atoms with Crippen LogP contribution in [0.15, 0.2) is 60.8 Å². The fourth-order valence-corrected chi connectivity index (χ4v) is 4.34. The molecule has 2 aromatic carbocycles. The Morgan fingerprint density at radius 1 is 1.02 bits per heavy atom. The summed E-state index contributed by atoms with van der Waals surface area (Å²) >= 11 is 0. The van der Waals surface area contributed by atoms with Crippen molar-refractivity contribution < 1.29 is 23.9 Å². The predicted molar refractivity (Wildman–Crippen MR) is 143 cm³/mol. The lowest BCUT2D eigenvalue weighted by Crippen LogP contribution is -2.65. The second kappa shape index (κ2) is 12.6. The molecule has 0 fully saturated rings. The lowest BCUT2D eigenvalue weighted by molar-refractivity contribution is -0.135. The van der Waals surface area contributed by atoms with E-state index in [0.717, 1.165) is 16.5 Å². The van der Waals surface area contributed by atoms with E-state index in [1.807, 2.05) is 54.6 Å². The Bertz CT molecular complexity index is 1470. The van der Waals surface area contributed by atoms with Gasteiger partial charge >= 0.3 is 6.09 Å². The SMILES string of the molecule is NC(=O)C(CC(=O)CCC(=O)Nc1nnn[nH]1)(Cc1c[nH]c2ccccc12)N(N)C(=O)OCCc1ccccc1. The number of benzene rings is 2. The number of anilines is 1. The van der Waals surface area contributed by atoms with Crippen LogP contribution in [0.2, 0.25) is 0 Å². The molecule has 1 unspecified atom stereocenters. The van der Waals surface area contributed by atoms with Gasteiger partial charge in [-0.05, 0) is 27.6 Å². The molecule has 4 rings (SSSR count). The molecule has 208 valence electrons. The number of nitrogens with one attached hydrogen (secondary N) is 3. The van der Waals surface area contributed by atoms with E-state index in [0.29, 0.717) is 17.0 Å². The molecular formula is C26H29N9O5. The number of carbonyl (C=O) groups is 4. The van der Waals surface area contributed by atoms with Gasteiger partial charge in [-0.15, -0.1) is 0 Å². The van der Waals surface area contributed by atoms with E-state index in [2.05, 4.69) is 30.9 Å². The molecule has 14 nitrogen and oxygen atoms in total. The molecule has 0 aliphatic heterocycles. The number of hydrogen-bond donors (Lipinski definition) is 5. The Hall–Kier alpha value is -5.11. The number of primary amides is 1. The highest BCUT2D eigenvalue weighted by Crippen LogP contribution is 2.29. The Kier molecular flexibility index (Phi) is 8.81. The Balaban J connectivity index is 1.52. The minimum Gasteiger partial charge on any atom is -0.448 e. The van der Waals surface area contributed by atoms with E-state index < -0.39 is 35.7 Å². The van der Waals surface area contributed by atoms with Crippen molar-refractivity contribution >= 4 is 40.5 Å². The first kappa shape index (κ1) is 27.9. The van der Waals surface area contributed by atoms with Crippen LogP contribution < -0.4 is 16.9 Å². The van der Waals surface area contributed by atoms with Crippen molar-refractivity contribution in [2.75, 3.05) is 11.9 Å². The van der Waals surface area contributed by atoms with E-state index in [-0.39, 0.29) is 31.8 Å². The van der Waals surface area contributed by atoms with Gasteiger partial charge in [0.1, 0.15) is 5.78 Å². The molecule has 2 aromatic heterocycles. The maximum atomic E-state index is 13.1. The highest BCUT2D eigenvalue weighted by Gasteiger charge is 2.47. The van der Waals surface area contributed by atoms with Gasteiger partial charge < -0.3 is 15.5 Å². The first-order valence-electron chi connectivity index (χ1n) is 12.4. The lowest BCUT2D eigenvalue weighted by Gasteiger charge is -2.37. The molecule has 0 saturated carbocycles. The normalized spacial score (nSPS) is 12.4. The van der Waals surface area contributed by atoms with Crippen LogP contribution in [0.3, 0.4) is 0 Å². The lowest BCUT2D eigenvalue weighted by atomic mass is 9.83. The number of hydrazine groups is 1. The molecule has 7 N–H and O–H groups in total. The molecule has 14 heteroatoms. The molecule has 3 amide bonds. The number of rotatable bonds is 13. The third-order valence-electron chi connectivity index (χ3n) is 6.46. The second-order valence-corrected chi connectivity index (χ2v) is 9.17. The topological polar surface area (TPSA) is 215 Å². The molecular weight excluding hydrogens is 518 g/mol. The number of aromatic amines is 2. The molecule has 4 aromatic rings. The maximum absolute atomic E-state index is 13.1. The average Bonchev–Trinajstić information content (AvgIpc) is 3.61. The van der Waals surface area contributed by atoms with Gasteiger partial charge in [-0.25, -0.2) is 20.7 Å². The third-order valence-corrected chi connectivity index (χ3v) is 6.46. The van der Waals surface area contributed by atoms with Crippen molar-refractivity contribution in [3.05, 3.63) is 71.9 Å². The number of ketones is 1. The summed E-state index contributed by atoms with van der Waals surface area (Å²) in [5, 5.41) is 16.4. The predicted octanol–water partition coefficient (Wildman–Crippen LogP) is 1.38. The van der Waals surface area contributed by atoms with Crippen molar-refractivity contribution in [3.63, 3.8) is 0 Å². The van der Waals surface area contributed by atoms with Crippen LogP contribution in [0.25, 0.3) is 10.9 Å². The number of tetrazole rings is 1. The van der Waals surface area contributed by atoms with Crippen LogP contribution in [0, 0.1) is 0 Å². The minimum atomic E-state index is -1.97. The smallest absolute Gasteiger partial charge is 0.425 e. The Morgan fingerprint density at radius 3 is 2.50 bits per heavy atom. The molecule has 1 atom stereocenters. The van der Waals surface area contributed by atoms with Crippen molar-refractivity contribution in [2.24, 2.45) is 11.6 Å². The maximum Gasteiger partial charge on any atom is 0.425 e. The summed E-state index contributed by atoms with van der Waals surface area (Å²) in [5.74, 6) is 4.20. The molecule has 0 aliphatic carbocycles. The first-order chi connectivity index (χ1) is 19.3. The highest BCUT2D eigenvalue weighted by molar-refractivity contribution is 5.97. The first-order valence-corrected chi connectivity index (χ1v) is 12.4. The van der Waals surface area contributed by atoms with Gasteiger partial charge in [0.25, 0.3) is 0 Å². The van der Waals surface area contributed by atoms with Crippen molar-refractivity contribution in [2.45, 2.75) is 37.6 Å². The van der Waals surface area contributed by atoms with E-state index in [1.165, 1.54) is 0 Å². The number of Topliss-reactive ketones (excluding diaryl/α,β-unsaturated/α-hetero) is 1. The summed E-state index contributed by atoms with van der Waals surface area (Å²) in [6.07, 6.45) is -0.123. The molecule has 0 bridgehead atoms. The van der Waals surface area contributed by atoms with Gasteiger partial charge in [0.15, 0.2) is 5.54 Å². The number of aromatic nitrogens is 5. The Labute approximate surface area is 228 Å². The largest absolute Gasteiger partial charge is 0.448 e. The van der Waals surface area contributed by atoms with Crippen molar-refractivity contribution in [1.29, 1.82) is 0 Å². The zero-order valence-corrected chi connectivity index (χ0v) is 21.5. The van der Waals surface area contributed by atoms with Crippen LogP contribution in [0.5, 0.6) is 0 Å². The summed E-state index contributed by atoms with van der Waals surface area (Å²) in [6, 6.07) is 16.7. The van der Waals surface area contributed by atoms with Gasteiger partial charge in [-0.3, -0.25) is 19.7 Å². The van der Waals surface area contributed by atoms with Gasteiger partial charge in [-0.1, -0.05) is 53.6 Å². The zero-order valence-electron chi connectivity index (χ0n) is 21.5. The summed E-state index contributed by atoms with van der Waals surface area (Å²) in [7, 11) is 0. The number of nitrogens with zero attached hydrogens (tertiary/aromatic N) is 4. The number of amides is 3. The standard InChI is InChI=1S/C26H29N9O5/c27-23(38)26(14-18-16-29-21-9-5-4-8-20(18)21,15-19(36)10-11-22(37)30-24-31-33-34-32-24)35(28)25(39)40-13-12-17-6-2-1-3-7-17/h1-9,16,29H,10-15,28H2,(H2,27,38)(H2,30,31,32,33,34,37). The average molecular weight is 548 g/mol. The van der Waals surface area contributed by atoms with Crippen LogP contribution in [0.4, 0.5) is 10.7 Å². The number of carbonyl (C=O) groups excluding carboxylic acids is 4. The fraction of sp³-hybridized carbons (Fsp3) is 0.269. The van der Waals surface area contributed by atoms with Crippen LogP contribution >= 0.6 is 0 Å². The molecule has 2 heterocycles. The van der Waals surface area contributed by atoms with Crippen molar-refractivity contribution in [3.8, 4) is 0 Å². The molecule has 0 saturated heterocycles. The Morgan fingerprint density at radius 2 is 1.77 bits per heavy atom. The number of fused-ring (bicyclic) bond motifs is 1. The summed E-state index contributed by atoms with van der Waals surface area (Å²) in [4.78, 5) is 54.5. The highest BCUT2D eigenvalue weighted by atomic mass is 16.6. The van der Waals surface area contributed by atoms with E-state index in [9.17, 15) is 19.2 Å². The van der Waals surface area contributed by atoms with E-state index in [4.69, 9.17) is 16.3 Å². The summed E-state index contributed by atoms with van der Waals surface area (Å²) in [6.45, 7) is -0.0108. The molecule has 0 aliphatic rings. The number of hydrogen-bond acceptors (Lipinski definition) is 9. The van der Waals surface area contributed by atoms with Crippen LogP contribution in [-0.4, -0.2) is 66.5 Å². The molecule has 0 radical (unpaired) electrons. The van der Waals surface area contributed by atoms with Gasteiger partial charge in [-0.2, -0.15) is 0 Å². The quantitative estimate of drug-likeness (QED) is 0.0927. The molecule has 40 heavy (non-hydrogen) atoms. The number of ether oxygens (including phenoxy) is 1. The van der Waals surface area contributed by atoms with Gasteiger partial charge in [0.2, 0.25) is 17.8 Å². The fourth-order valence-electron chi connectivity index (χ4n) is 4.34.